The summed E-state index contributed by atoms with van der Waals surface area (Å²) in [5.74, 6) is 0.912. The van der Waals surface area contributed by atoms with E-state index in [9.17, 15) is 9.59 Å². The summed E-state index contributed by atoms with van der Waals surface area (Å²) in [6.07, 6.45) is 7.37. The van der Waals surface area contributed by atoms with Crippen molar-refractivity contribution in [3.8, 4) is 0 Å². The van der Waals surface area contributed by atoms with Gasteiger partial charge in [-0.2, -0.15) is 5.21 Å². The molecule has 1 unspecified atom stereocenters. The average Bonchev–Trinajstić information content (AvgIpc) is 3.28. The van der Waals surface area contributed by atoms with Gasteiger partial charge in [0.25, 0.3) is 0 Å². The Hall–Kier alpha value is -2.07. The second kappa shape index (κ2) is 10.3. The summed E-state index contributed by atoms with van der Waals surface area (Å²) in [4.78, 5) is 23.8. The SMILES string of the molecule is CC(CC(=O)N1CCC(c2nn[nH]n2)CC1)OCC12CCC(CC1)OC2.CC(N)=O. The van der Waals surface area contributed by atoms with Crippen LogP contribution in [0.5, 0.6) is 0 Å². The van der Waals surface area contributed by atoms with Gasteiger partial charge < -0.3 is 20.1 Å². The molecule has 0 aromatic carbocycles. The quantitative estimate of drug-likeness (QED) is 0.702. The molecule has 30 heavy (non-hydrogen) atoms. The van der Waals surface area contributed by atoms with Crippen LogP contribution in [0.25, 0.3) is 0 Å². The molecule has 0 spiro atoms. The second-order valence-corrected chi connectivity index (χ2v) is 8.87. The topological polar surface area (TPSA) is 136 Å². The number of tetrazole rings is 1. The van der Waals surface area contributed by atoms with Crippen LogP contribution in [0.4, 0.5) is 0 Å². The normalized spacial score (nSPS) is 27.3. The summed E-state index contributed by atoms with van der Waals surface area (Å²) in [5, 5.41) is 14.3. The van der Waals surface area contributed by atoms with E-state index in [-0.39, 0.29) is 23.3 Å². The van der Waals surface area contributed by atoms with Crippen molar-refractivity contribution in [1.82, 2.24) is 25.5 Å². The summed E-state index contributed by atoms with van der Waals surface area (Å²) in [6, 6.07) is 0. The van der Waals surface area contributed by atoms with Gasteiger partial charge in [-0.15, -0.1) is 10.2 Å². The maximum Gasteiger partial charge on any atom is 0.225 e. The first-order chi connectivity index (χ1) is 14.4. The molecule has 10 heteroatoms. The number of ether oxygens (including phenoxy) is 2. The Morgan fingerprint density at radius 1 is 1.30 bits per heavy atom. The van der Waals surface area contributed by atoms with E-state index in [1.165, 1.54) is 19.8 Å². The van der Waals surface area contributed by atoms with Gasteiger partial charge in [0.15, 0.2) is 5.82 Å². The highest BCUT2D eigenvalue weighted by molar-refractivity contribution is 5.76. The van der Waals surface area contributed by atoms with E-state index >= 15 is 0 Å². The molecule has 1 atom stereocenters. The molecule has 2 bridgehead atoms. The number of nitrogens with two attached hydrogens (primary N) is 1. The fourth-order valence-corrected chi connectivity index (χ4v) is 4.48. The zero-order valence-corrected chi connectivity index (χ0v) is 18.0. The van der Waals surface area contributed by atoms with Gasteiger partial charge in [-0.05, 0) is 45.4 Å². The first-order valence-corrected chi connectivity index (χ1v) is 10.9. The molecule has 168 valence electrons. The van der Waals surface area contributed by atoms with E-state index in [0.29, 0.717) is 25.0 Å². The van der Waals surface area contributed by atoms with Crippen molar-refractivity contribution >= 4 is 11.8 Å². The summed E-state index contributed by atoms with van der Waals surface area (Å²) in [5.41, 5.74) is 4.66. The minimum atomic E-state index is -0.333. The number of nitrogens with one attached hydrogen (secondary N) is 1. The number of aromatic amines is 1. The highest BCUT2D eigenvalue weighted by atomic mass is 16.5. The monoisotopic (exact) mass is 422 g/mol. The van der Waals surface area contributed by atoms with E-state index in [4.69, 9.17) is 9.47 Å². The van der Waals surface area contributed by atoms with Crippen LogP contribution >= 0.6 is 0 Å². The summed E-state index contributed by atoms with van der Waals surface area (Å²) >= 11 is 0. The number of piperidine rings is 1. The van der Waals surface area contributed by atoms with Crippen molar-refractivity contribution in [2.24, 2.45) is 11.1 Å². The Balaban J connectivity index is 0.000000589. The molecule has 3 N–H and O–H groups in total. The van der Waals surface area contributed by atoms with E-state index < -0.39 is 0 Å². The standard InChI is InChI=1S/C18H29N5O3.C2H5NO/c1-13(25-11-18-6-2-15(3-7-18)26-12-18)10-16(24)23-8-4-14(5-9-23)17-19-21-22-20-17;1-2(3)4/h13-15H,2-12H2,1H3,(H,19,20,21,22);1H3,(H2,3,4). The van der Waals surface area contributed by atoms with E-state index in [1.54, 1.807) is 0 Å². The minimum Gasteiger partial charge on any atom is -0.378 e. The first kappa shape index (κ1) is 22.6. The molecule has 5 rings (SSSR count). The van der Waals surface area contributed by atoms with E-state index in [0.717, 1.165) is 51.2 Å². The third kappa shape index (κ3) is 6.21. The molecule has 10 nitrogen and oxygen atoms in total. The molecular formula is C20H34N6O4. The largest absolute Gasteiger partial charge is 0.378 e. The Morgan fingerprint density at radius 2 is 1.97 bits per heavy atom. The summed E-state index contributed by atoms with van der Waals surface area (Å²) in [6.45, 7) is 6.36. The van der Waals surface area contributed by atoms with Crippen LogP contribution in [0, 0.1) is 5.41 Å². The van der Waals surface area contributed by atoms with E-state index in [1.807, 2.05) is 11.8 Å². The van der Waals surface area contributed by atoms with Crippen LogP contribution in [-0.2, 0) is 19.1 Å². The maximum absolute atomic E-state index is 12.6. The molecule has 3 aliphatic heterocycles. The van der Waals surface area contributed by atoms with Crippen molar-refractivity contribution in [1.29, 1.82) is 0 Å². The van der Waals surface area contributed by atoms with Gasteiger partial charge in [-0.3, -0.25) is 9.59 Å². The highest BCUT2D eigenvalue weighted by Crippen LogP contribution is 2.43. The lowest BCUT2D eigenvalue weighted by molar-refractivity contribution is -0.153. The Bertz CT molecular complexity index is 664. The third-order valence-corrected chi connectivity index (χ3v) is 6.33. The lowest BCUT2D eigenvalue weighted by atomic mass is 9.72. The number of amides is 2. The summed E-state index contributed by atoms with van der Waals surface area (Å²) < 4.78 is 11.9. The number of H-pyrrole nitrogens is 1. The van der Waals surface area contributed by atoms with Crippen molar-refractivity contribution in [3.05, 3.63) is 5.82 Å². The van der Waals surface area contributed by atoms with Gasteiger partial charge in [-0.1, -0.05) is 5.21 Å². The molecule has 1 saturated carbocycles. The predicted octanol–water partition coefficient (Wildman–Crippen LogP) is 1.15. The minimum absolute atomic E-state index is 0.0496. The fourth-order valence-electron chi connectivity index (χ4n) is 4.48. The zero-order chi connectivity index (χ0) is 21.6. The molecule has 4 heterocycles. The average molecular weight is 423 g/mol. The number of rotatable bonds is 6. The Labute approximate surface area is 177 Å². The summed E-state index contributed by atoms with van der Waals surface area (Å²) in [7, 11) is 0. The molecule has 4 aliphatic rings. The first-order valence-electron chi connectivity index (χ1n) is 10.9. The second-order valence-electron chi connectivity index (χ2n) is 8.87. The molecular weight excluding hydrogens is 388 g/mol. The molecule has 1 aromatic rings. The smallest absolute Gasteiger partial charge is 0.225 e. The van der Waals surface area contributed by atoms with Gasteiger partial charge in [0.05, 0.1) is 31.8 Å². The number of aromatic nitrogens is 4. The van der Waals surface area contributed by atoms with Crippen LogP contribution < -0.4 is 5.73 Å². The van der Waals surface area contributed by atoms with Gasteiger partial charge in [0, 0.05) is 31.3 Å². The number of carbonyl (C=O) groups excluding carboxylic acids is 2. The van der Waals surface area contributed by atoms with Crippen molar-refractivity contribution in [2.75, 3.05) is 26.3 Å². The number of hydrogen-bond acceptors (Lipinski definition) is 7. The van der Waals surface area contributed by atoms with Crippen molar-refractivity contribution < 1.29 is 19.1 Å². The van der Waals surface area contributed by atoms with Crippen molar-refractivity contribution in [2.45, 2.75) is 76.9 Å². The maximum atomic E-state index is 12.6. The molecule has 3 saturated heterocycles. The van der Waals surface area contributed by atoms with Crippen LogP contribution in [0.2, 0.25) is 0 Å². The van der Waals surface area contributed by atoms with E-state index in [2.05, 4.69) is 26.4 Å². The van der Waals surface area contributed by atoms with Gasteiger partial charge in [-0.25, -0.2) is 0 Å². The van der Waals surface area contributed by atoms with Crippen molar-refractivity contribution in [3.63, 3.8) is 0 Å². The number of nitrogens with zero attached hydrogens (tertiary/aromatic N) is 4. The lowest BCUT2D eigenvalue weighted by Gasteiger charge is -2.46. The number of hydrogen-bond donors (Lipinski definition) is 2. The van der Waals surface area contributed by atoms with Crippen LogP contribution in [-0.4, -0.2) is 75.8 Å². The predicted molar refractivity (Wildman–Crippen MR) is 108 cm³/mol. The van der Waals surface area contributed by atoms with Crippen LogP contribution in [0.1, 0.15) is 70.5 Å². The number of carbonyl (C=O) groups is 2. The Morgan fingerprint density at radius 3 is 2.50 bits per heavy atom. The van der Waals surface area contributed by atoms with Gasteiger partial charge in [0.2, 0.25) is 11.8 Å². The molecule has 0 radical (unpaired) electrons. The lowest BCUT2D eigenvalue weighted by Crippen LogP contribution is -2.46. The van der Waals surface area contributed by atoms with Gasteiger partial charge >= 0.3 is 0 Å². The molecule has 1 aliphatic carbocycles. The molecule has 1 aromatic heterocycles. The molecule has 2 amide bonds. The van der Waals surface area contributed by atoms with Crippen LogP contribution in [0.15, 0.2) is 0 Å². The zero-order valence-electron chi connectivity index (χ0n) is 18.0. The van der Waals surface area contributed by atoms with Gasteiger partial charge in [0.1, 0.15) is 0 Å². The highest BCUT2D eigenvalue weighted by Gasteiger charge is 2.41. The van der Waals surface area contributed by atoms with Crippen LogP contribution in [0.3, 0.4) is 0 Å². The Kier molecular flexibility index (Phi) is 7.76. The number of likely N-dealkylation sites (tertiary alicyclic amines) is 1. The fraction of sp³-hybridized carbons (Fsp3) is 0.850. The third-order valence-electron chi connectivity index (χ3n) is 6.33. The number of fused-ring (bicyclic) bond motifs is 3. The molecule has 4 fully saturated rings. The number of primary amides is 1.